The van der Waals surface area contributed by atoms with Crippen molar-refractivity contribution >= 4 is 22.4 Å². The number of aromatic amines is 1. The van der Waals surface area contributed by atoms with Gasteiger partial charge in [-0.25, -0.2) is 0 Å². The van der Waals surface area contributed by atoms with E-state index in [0.717, 1.165) is 5.56 Å². The summed E-state index contributed by atoms with van der Waals surface area (Å²) in [6, 6.07) is 5.42. The molecule has 0 bridgehead atoms. The highest BCUT2D eigenvalue weighted by Gasteiger charge is 2.15. The van der Waals surface area contributed by atoms with Gasteiger partial charge in [0, 0.05) is 12.1 Å². The van der Waals surface area contributed by atoms with E-state index in [9.17, 15) is 9.59 Å². The van der Waals surface area contributed by atoms with E-state index in [0.29, 0.717) is 33.6 Å². The summed E-state index contributed by atoms with van der Waals surface area (Å²) in [7, 11) is 0. The van der Waals surface area contributed by atoms with Crippen molar-refractivity contribution in [1.29, 1.82) is 5.26 Å². The molecule has 2 N–H and O–H groups in total. The van der Waals surface area contributed by atoms with E-state index < -0.39 is 5.56 Å². The Morgan fingerprint density at radius 2 is 2.23 bits per heavy atom. The molecule has 0 fully saturated rings. The molecule has 0 saturated heterocycles. The van der Waals surface area contributed by atoms with Crippen LogP contribution in [-0.2, 0) is 11.2 Å². The standard InChI is InChI=1S/C17H15N5O3S/c1-9-11(10(2)19-15(24)12(9)8-18)5-6-14(23)20-17-22-21-16(26-17)13-4-3-7-25-13/h3-4,7H,5-6H2,1-2H3,(H,19,24)(H,20,22,23). The van der Waals surface area contributed by atoms with Crippen LogP contribution in [0.2, 0.25) is 0 Å². The van der Waals surface area contributed by atoms with Crippen molar-refractivity contribution in [2.24, 2.45) is 0 Å². The number of furan rings is 1. The van der Waals surface area contributed by atoms with Crippen LogP contribution in [0.15, 0.2) is 27.6 Å². The number of anilines is 1. The molecule has 0 aliphatic rings. The van der Waals surface area contributed by atoms with E-state index in [1.54, 1.807) is 32.2 Å². The minimum Gasteiger partial charge on any atom is -0.462 e. The van der Waals surface area contributed by atoms with Crippen LogP contribution in [-0.4, -0.2) is 21.1 Å². The van der Waals surface area contributed by atoms with Gasteiger partial charge < -0.3 is 14.7 Å². The van der Waals surface area contributed by atoms with E-state index in [-0.39, 0.29) is 17.9 Å². The highest BCUT2D eigenvalue weighted by Crippen LogP contribution is 2.26. The van der Waals surface area contributed by atoms with Gasteiger partial charge in [-0.05, 0) is 43.5 Å². The fourth-order valence-corrected chi connectivity index (χ4v) is 3.34. The molecule has 3 aromatic rings. The summed E-state index contributed by atoms with van der Waals surface area (Å²) in [5, 5.41) is 20.7. The number of nitrogens with zero attached hydrogens (tertiary/aromatic N) is 3. The topological polar surface area (TPSA) is 125 Å². The molecule has 9 heteroatoms. The number of carbonyl (C=O) groups is 1. The maximum atomic E-state index is 12.2. The lowest BCUT2D eigenvalue weighted by molar-refractivity contribution is -0.116. The molecule has 3 aromatic heterocycles. The number of hydrogen-bond acceptors (Lipinski definition) is 7. The molecule has 0 aliphatic heterocycles. The second-order valence-electron chi connectivity index (χ2n) is 5.61. The number of hydrogen-bond donors (Lipinski definition) is 2. The van der Waals surface area contributed by atoms with Gasteiger partial charge in [0.05, 0.1) is 6.26 Å². The highest BCUT2D eigenvalue weighted by molar-refractivity contribution is 7.18. The Hall–Kier alpha value is -3.25. The maximum absolute atomic E-state index is 12.2. The number of aryl methyl sites for hydroxylation is 1. The van der Waals surface area contributed by atoms with Crippen LogP contribution in [0.4, 0.5) is 5.13 Å². The van der Waals surface area contributed by atoms with Crippen LogP contribution in [0.3, 0.4) is 0 Å². The van der Waals surface area contributed by atoms with Crippen LogP contribution in [0.25, 0.3) is 10.8 Å². The van der Waals surface area contributed by atoms with Crippen LogP contribution in [0.5, 0.6) is 0 Å². The molecule has 0 spiro atoms. The Morgan fingerprint density at radius 3 is 2.92 bits per heavy atom. The van der Waals surface area contributed by atoms with Crippen LogP contribution in [0.1, 0.15) is 28.8 Å². The monoisotopic (exact) mass is 369 g/mol. The number of aromatic nitrogens is 3. The summed E-state index contributed by atoms with van der Waals surface area (Å²) in [6.45, 7) is 3.47. The maximum Gasteiger partial charge on any atom is 0.266 e. The summed E-state index contributed by atoms with van der Waals surface area (Å²) < 4.78 is 5.24. The van der Waals surface area contributed by atoms with Gasteiger partial charge in [0.25, 0.3) is 5.56 Å². The van der Waals surface area contributed by atoms with Crippen molar-refractivity contribution < 1.29 is 9.21 Å². The molecule has 0 unspecified atom stereocenters. The van der Waals surface area contributed by atoms with Crippen molar-refractivity contribution in [3.8, 4) is 16.8 Å². The molecule has 0 saturated carbocycles. The average Bonchev–Trinajstić information content (AvgIpc) is 3.25. The van der Waals surface area contributed by atoms with Crippen molar-refractivity contribution in [1.82, 2.24) is 15.2 Å². The first-order valence-corrected chi connectivity index (χ1v) is 8.61. The van der Waals surface area contributed by atoms with Gasteiger partial charge in [0.15, 0.2) is 10.8 Å². The molecule has 26 heavy (non-hydrogen) atoms. The molecule has 0 radical (unpaired) electrons. The first kappa shape index (κ1) is 17.6. The van der Waals surface area contributed by atoms with Gasteiger partial charge in [-0.2, -0.15) is 5.26 Å². The van der Waals surface area contributed by atoms with E-state index in [1.807, 2.05) is 6.07 Å². The Bertz CT molecular complexity index is 1040. The van der Waals surface area contributed by atoms with Crippen molar-refractivity contribution in [2.45, 2.75) is 26.7 Å². The van der Waals surface area contributed by atoms with Crippen LogP contribution < -0.4 is 10.9 Å². The van der Waals surface area contributed by atoms with Crippen LogP contribution >= 0.6 is 11.3 Å². The third kappa shape index (κ3) is 3.55. The van der Waals surface area contributed by atoms with E-state index in [4.69, 9.17) is 9.68 Å². The fourth-order valence-electron chi connectivity index (χ4n) is 2.61. The number of amides is 1. The SMILES string of the molecule is Cc1[nH]c(=O)c(C#N)c(C)c1CCC(=O)Nc1nnc(-c2ccco2)s1. The normalized spacial score (nSPS) is 10.5. The molecule has 8 nitrogen and oxygen atoms in total. The predicted octanol–water partition coefficient (Wildman–Crippen LogP) is 2.55. The number of carbonyl (C=O) groups excluding carboxylic acids is 1. The second kappa shape index (κ2) is 7.33. The zero-order valence-electron chi connectivity index (χ0n) is 14.1. The molecule has 1 amide bonds. The molecule has 132 valence electrons. The third-order valence-electron chi connectivity index (χ3n) is 3.93. The fraction of sp³-hybridized carbons (Fsp3) is 0.235. The quantitative estimate of drug-likeness (QED) is 0.712. The first-order chi connectivity index (χ1) is 12.5. The number of rotatable bonds is 5. The average molecular weight is 369 g/mol. The number of nitriles is 1. The molecule has 0 aromatic carbocycles. The second-order valence-corrected chi connectivity index (χ2v) is 6.58. The lowest BCUT2D eigenvalue weighted by Crippen LogP contribution is -2.18. The zero-order valence-corrected chi connectivity index (χ0v) is 14.9. The van der Waals surface area contributed by atoms with Crippen LogP contribution in [0, 0.1) is 25.2 Å². The molecule has 0 aliphatic carbocycles. The Labute approximate surface area is 152 Å². The zero-order chi connectivity index (χ0) is 18.7. The molecular formula is C17H15N5O3S. The summed E-state index contributed by atoms with van der Waals surface area (Å²) in [5.41, 5.74) is 1.74. The lowest BCUT2D eigenvalue weighted by Gasteiger charge is -2.10. The van der Waals surface area contributed by atoms with Gasteiger partial charge in [-0.1, -0.05) is 11.3 Å². The number of H-pyrrole nitrogens is 1. The number of pyridine rings is 1. The first-order valence-electron chi connectivity index (χ1n) is 7.79. The van der Waals surface area contributed by atoms with Crippen molar-refractivity contribution in [3.05, 3.63) is 51.1 Å². The van der Waals surface area contributed by atoms with Crippen molar-refractivity contribution in [2.75, 3.05) is 5.32 Å². The summed E-state index contributed by atoms with van der Waals surface area (Å²) in [5.74, 6) is 0.363. The van der Waals surface area contributed by atoms with Gasteiger partial charge in [-0.3, -0.25) is 9.59 Å². The Kier molecular flexibility index (Phi) is 4.95. The van der Waals surface area contributed by atoms with E-state index in [2.05, 4.69) is 20.5 Å². The van der Waals surface area contributed by atoms with Gasteiger partial charge in [0.2, 0.25) is 11.0 Å². The summed E-state index contributed by atoms with van der Waals surface area (Å²) in [4.78, 5) is 26.6. The molecule has 0 atom stereocenters. The molecule has 3 heterocycles. The third-order valence-corrected chi connectivity index (χ3v) is 4.78. The highest BCUT2D eigenvalue weighted by atomic mass is 32.1. The van der Waals surface area contributed by atoms with Gasteiger partial charge >= 0.3 is 0 Å². The van der Waals surface area contributed by atoms with E-state index in [1.165, 1.54) is 11.3 Å². The lowest BCUT2D eigenvalue weighted by atomic mass is 9.99. The predicted molar refractivity (Wildman–Crippen MR) is 95.8 cm³/mol. The van der Waals surface area contributed by atoms with Crippen molar-refractivity contribution in [3.63, 3.8) is 0 Å². The minimum atomic E-state index is -0.407. The van der Waals surface area contributed by atoms with E-state index >= 15 is 0 Å². The Balaban J connectivity index is 1.67. The van der Waals surface area contributed by atoms with Gasteiger partial charge in [0.1, 0.15) is 11.6 Å². The number of nitrogens with one attached hydrogen (secondary N) is 2. The smallest absolute Gasteiger partial charge is 0.266 e. The minimum absolute atomic E-state index is 0.0817. The summed E-state index contributed by atoms with van der Waals surface area (Å²) in [6.07, 6.45) is 2.13. The largest absolute Gasteiger partial charge is 0.462 e. The van der Waals surface area contributed by atoms with Gasteiger partial charge in [-0.15, -0.1) is 10.2 Å². The molecular weight excluding hydrogens is 354 g/mol. The Morgan fingerprint density at radius 1 is 1.42 bits per heavy atom. The molecule has 3 rings (SSSR count). The summed E-state index contributed by atoms with van der Waals surface area (Å²) >= 11 is 1.22.